The number of carboxylic acids is 1. The van der Waals surface area contributed by atoms with E-state index in [9.17, 15) is 15.0 Å². The van der Waals surface area contributed by atoms with Crippen molar-refractivity contribution in [2.75, 3.05) is 13.7 Å². The highest BCUT2D eigenvalue weighted by Crippen LogP contribution is 2.22. The van der Waals surface area contributed by atoms with Crippen LogP contribution in [0.2, 0.25) is 0 Å². The molecule has 0 saturated carbocycles. The molecule has 1 aromatic heterocycles. The number of methoxy groups -OCH3 is 1. The third-order valence-corrected chi connectivity index (χ3v) is 4.38. The number of likely N-dealkylation sites (tertiary alicyclic amines) is 1. The van der Waals surface area contributed by atoms with Crippen LogP contribution in [0.4, 0.5) is 0 Å². The topological polar surface area (TPSA) is 87.8 Å². The molecule has 0 unspecified atom stereocenters. The van der Waals surface area contributed by atoms with E-state index >= 15 is 0 Å². The fourth-order valence-corrected chi connectivity index (χ4v) is 3.05. The molecule has 1 saturated heterocycles. The molecule has 1 fully saturated rings. The molecule has 2 N–H and O–H groups in total. The summed E-state index contributed by atoms with van der Waals surface area (Å²) < 4.78 is 7.10. The van der Waals surface area contributed by atoms with Crippen molar-refractivity contribution in [1.29, 1.82) is 0 Å². The van der Waals surface area contributed by atoms with Gasteiger partial charge in [-0.05, 0) is 37.1 Å². The van der Waals surface area contributed by atoms with Gasteiger partial charge in [0.15, 0.2) is 0 Å². The van der Waals surface area contributed by atoms with Crippen molar-refractivity contribution in [1.82, 2.24) is 14.5 Å². The van der Waals surface area contributed by atoms with Crippen molar-refractivity contribution in [3.05, 3.63) is 42.5 Å². The van der Waals surface area contributed by atoms with Crippen LogP contribution < -0.4 is 4.74 Å². The van der Waals surface area contributed by atoms with Crippen LogP contribution in [0, 0.1) is 0 Å². The van der Waals surface area contributed by atoms with Gasteiger partial charge in [0.05, 0.1) is 19.8 Å². The first kappa shape index (κ1) is 16.5. The molecule has 1 aromatic carbocycles. The predicted molar refractivity (Wildman–Crippen MR) is 87.2 cm³/mol. The number of imidazole rings is 1. The van der Waals surface area contributed by atoms with Gasteiger partial charge in [0.1, 0.15) is 17.6 Å². The Balaban J connectivity index is 1.80. The van der Waals surface area contributed by atoms with Gasteiger partial charge in [0.2, 0.25) is 0 Å². The molecule has 2 aromatic rings. The number of aliphatic hydroxyl groups is 1. The molecule has 0 radical (unpaired) electrons. The smallest absolute Gasteiger partial charge is 0.321 e. The maximum absolute atomic E-state index is 11.5. The van der Waals surface area contributed by atoms with Gasteiger partial charge in [-0.3, -0.25) is 9.69 Å². The molecule has 0 aliphatic carbocycles. The first-order valence-corrected chi connectivity index (χ1v) is 7.90. The zero-order valence-corrected chi connectivity index (χ0v) is 13.5. The third-order valence-electron chi connectivity index (χ3n) is 4.38. The number of benzene rings is 1. The van der Waals surface area contributed by atoms with Crippen LogP contribution in [-0.2, 0) is 11.3 Å². The molecule has 7 heteroatoms. The SMILES string of the molecule is COc1ccc(-n2ccnc2CN2CC[C@@H](O)C[C@H]2C(=O)O)cc1. The van der Waals surface area contributed by atoms with Gasteiger partial charge < -0.3 is 19.5 Å². The number of hydrogen-bond acceptors (Lipinski definition) is 5. The summed E-state index contributed by atoms with van der Waals surface area (Å²) in [5, 5.41) is 19.1. The fraction of sp³-hybridized carbons (Fsp3) is 0.412. The summed E-state index contributed by atoms with van der Waals surface area (Å²) in [6, 6.07) is 6.92. The molecule has 7 nitrogen and oxygen atoms in total. The Kier molecular flexibility index (Phi) is 4.82. The Morgan fingerprint density at radius 3 is 2.79 bits per heavy atom. The zero-order chi connectivity index (χ0) is 17.1. The van der Waals surface area contributed by atoms with Gasteiger partial charge in [0.25, 0.3) is 0 Å². The molecule has 1 aliphatic rings. The van der Waals surface area contributed by atoms with Crippen LogP contribution in [0.15, 0.2) is 36.7 Å². The molecule has 24 heavy (non-hydrogen) atoms. The van der Waals surface area contributed by atoms with E-state index in [-0.39, 0.29) is 6.42 Å². The minimum atomic E-state index is -0.906. The quantitative estimate of drug-likeness (QED) is 0.858. The van der Waals surface area contributed by atoms with Crippen molar-refractivity contribution in [3.63, 3.8) is 0 Å². The molecule has 2 atom stereocenters. The maximum atomic E-state index is 11.5. The number of rotatable bonds is 5. The largest absolute Gasteiger partial charge is 0.497 e. The second kappa shape index (κ2) is 7.02. The van der Waals surface area contributed by atoms with E-state index in [1.54, 1.807) is 13.3 Å². The van der Waals surface area contributed by atoms with E-state index in [1.807, 2.05) is 39.9 Å². The number of nitrogens with zero attached hydrogens (tertiary/aromatic N) is 3. The van der Waals surface area contributed by atoms with Crippen LogP contribution >= 0.6 is 0 Å². The molecule has 128 valence electrons. The van der Waals surface area contributed by atoms with Crippen LogP contribution in [0.25, 0.3) is 5.69 Å². The number of hydrogen-bond donors (Lipinski definition) is 2. The lowest BCUT2D eigenvalue weighted by Gasteiger charge is -2.35. The number of aliphatic carboxylic acids is 1. The number of ether oxygens (including phenoxy) is 1. The Bertz CT molecular complexity index is 698. The molecule has 0 amide bonds. The number of aliphatic hydroxyl groups excluding tert-OH is 1. The van der Waals surface area contributed by atoms with Crippen LogP contribution in [0.5, 0.6) is 5.75 Å². The standard InChI is InChI=1S/C17H21N3O4/c1-24-14-4-2-12(3-5-14)20-9-7-18-16(20)11-19-8-6-13(21)10-15(19)17(22)23/h2-5,7,9,13,15,21H,6,8,10-11H2,1H3,(H,22,23)/t13-,15+/m1/s1. The lowest BCUT2D eigenvalue weighted by molar-refractivity contribution is -0.147. The van der Waals surface area contributed by atoms with Crippen molar-refractivity contribution < 1.29 is 19.7 Å². The first-order chi connectivity index (χ1) is 11.6. The van der Waals surface area contributed by atoms with E-state index in [0.29, 0.717) is 19.5 Å². The van der Waals surface area contributed by atoms with E-state index in [0.717, 1.165) is 17.3 Å². The van der Waals surface area contributed by atoms with Crippen LogP contribution in [0.1, 0.15) is 18.7 Å². The lowest BCUT2D eigenvalue weighted by Crippen LogP contribution is -2.48. The minimum Gasteiger partial charge on any atom is -0.497 e. The van der Waals surface area contributed by atoms with Gasteiger partial charge in [0, 0.05) is 24.6 Å². The van der Waals surface area contributed by atoms with E-state index in [1.165, 1.54) is 0 Å². The monoisotopic (exact) mass is 331 g/mol. The summed E-state index contributed by atoms with van der Waals surface area (Å²) in [6.45, 7) is 0.955. The second-order valence-electron chi connectivity index (χ2n) is 5.91. The van der Waals surface area contributed by atoms with Gasteiger partial charge in [-0.25, -0.2) is 4.98 Å². The average molecular weight is 331 g/mol. The highest BCUT2D eigenvalue weighted by atomic mass is 16.5. The number of carbonyl (C=O) groups is 1. The number of piperidine rings is 1. The van der Waals surface area contributed by atoms with Gasteiger partial charge in [-0.2, -0.15) is 0 Å². The van der Waals surface area contributed by atoms with E-state index in [4.69, 9.17) is 4.74 Å². The van der Waals surface area contributed by atoms with Crippen LogP contribution in [0.3, 0.4) is 0 Å². The van der Waals surface area contributed by atoms with Gasteiger partial charge in [-0.15, -0.1) is 0 Å². The molecule has 2 heterocycles. The Labute approximate surface area is 140 Å². The molecule has 1 aliphatic heterocycles. The summed E-state index contributed by atoms with van der Waals surface area (Å²) in [6.07, 6.45) is 3.83. The lowest BCUT2D eigenvalue weighted by atomic mass is 9.99. The van der Waals surface area contributed by atoms with Crippen molar-refractivity contribution in [2.24, 2.45) is 0 Å². The van der Waals surface area contributed by atoms with E-state index < -0.39 is 18.1 Å². The third kappa shape index (κ3) is 3.42. The van der Waals surface area contributed by atoms with Crippen LogP contribution in [-0.4, -0.2) is 56.4 Å². The predicted octanol–water partition coefficient (Wildman–Crippen LogP) is 1.29. The van der Waals surface area contributed by atoms with Crippen molar-refractivity contribution >= 4 is 5.97 Å². The maximum Gasteiger partial charge on any atom is 0.321 e. The minimum absolute atomic E-state index is 0.249. The number of carboxylic acid groups (broad SMARTS) is 1. The Morgan fingerprint density at radius 1 is 1.38 bits per heavy atom. The highest BCUT2D eigenvalue weighted by Gasteiger charge is 2.33. The summed E-state index contributed by atoms with van der Waals surface area (Å²) in [5.41, 5.74) is 0.937. The fourth-order valence-electron chi connectivity index (χ4n) is 3.05. The summed E-state index contributed by atoms with van der Waals surface area (Å²) in [5.74, 6) is 0.635. The molecular formula is C17H21N3O4. The molecule has 0 bridgehead atoms. The number of aromatic nitrogens is 2. The Morgan fingerprint density at radius 2 is 2.12 bits per heavy atom. The summed E-state index contributed by atoms with van der Waals surface area (Å²) >= 11 is 0. The average Bonchev–Trinajstić information content (AvgIpc) is 3.04. The van der Waals surface area contributed by atoms with Crippen molar-refractivity contribution in [2.45, 2.75) is 31.5 Å². The molecular weight excluding hydrogens is 310 g/mol. The first-order valence-electron chi connectivity index (χ1n) is 7.90. The van der Waals surface area contributed by atoms with Crippen molar-refractivity contribution in [3.8, 4) is 11.4 Å². The van der Waals surface area contributed by atoms with E-state index in [2.05, 4.69) is 4.98 Å². The summed E-state index contributed by atoms with van der Waals surface area (Å²) in [4.78, 5) is 17.7. The highest BCUT2D eigenvalue weighted by molar-refractivity contribution is 5.73. The van der Waals surface area contributed by atoms with Gasteiger partial charge in [-0.1, -0.05) is 0 Å². The zero-order valence-electron chi connectivity index (χ0n) is 13.5. The summed E-state index contributed by atoms with van der Waals surface area (Å²) in [7, 11) is 1.62. The normalized spacial score (nSPS) is 21.6. The molecule has 0 spiro atoms. The second-order valence-corrected chi connectivity index (χ2v) is 5.91. The Hall–Kier alpha value is -2.38. The van der Waals surface area contributed by atoms with Gasteiger partial charge >= 0.3 is 5.97 Å². The molecule has 3 rings (SSSR count).